The number of allylic oxidation sites excluding steroid dienone is 2. The number of hydrogen-bond acceptors (Lipinski definition) is 1. The van der Waals surface area contributed by atoms with Crippen molar-refractivity contribution in [3.63, 3.8) is 0 Å². The van der Waals surface area contributed by atoms with Crippen LogP contribution in [0.4, 0.5) is 0 Å². The number of ketones is 1. The smallest absolute Gasteiger partial charge is 0.159 e. The minimum Gasteiger partial charge on any atom is -0.295 e. The van der Waals surface area contributed by atoms with Gasteiger partial charge in [0.15, 0.2) is 5.78 Å². The van der Waals surface area contributed by atoms with Crippen molar-refractivity contribution >= 4 is 5.78 Å². The van der Waals surface area contributed by atoms with Crippen molar-refractivity contribution in [3.05, 3.63) is 11.6 Å². The topological polar surface area (TPSA) is 17.1 Å². The largest absolute Gasteiger partial charge is 0.295 e. The lowest BCUT2D eigenvalue weighted by atomic mass is 9.40. The highest BCUT2D eigenvalue weighted by molar-refractivity contribution is 5.94. The van der Waals surface area contributed by atoms with Gasteiger partial charge in [-0.3, -0.25) is 4.79 Å². The lowest BCUT2D eigenvalue weighted by Crippen LogP contribution is -2.58. The van der Waals surface area contributed by atoms with Crippen LogP contribution in [0, 0.1) is 62.6 Å². The molecule has 0 aromatic rings. The molecule has 0 aromatic heterocycles. The van der Waals surface area contributed by atoms with Crippen LogP contribution in [0.15, 0.2) is 11.6 Å². The Morgan fingerprint density at radius 1 is 0.971 bits per heavy atom. The van der Waals surface area contributed by atoms with Crippen LogP contribution in [0.25, 0.3) is 0 Å². The van der Waals surface area contributed by atoms with E-state index in [4.69, 9.17) is 0 Å². The highest BCUT2D eigenvalue weighted by Gasteiger charge is 2.67. The van der Waals surface area contributed by atoms with Crippen molar-refractivity contribution in [2.45, 2.75) is 128 Å². The summed E-state index contributed by atoms with van der Waals surface area (Å²) in [5.74, 6) is 4.10. The minimum absolute atomic E-state index is 0.158. The molecule has 1 nitrogen and oxygen atoms in total. The number of rotatable bonds is 4. The Morgan fingerprint density at radius 2 is 1.62 bits per heavy atom. The summed E-state index contributed by atoms with van der Waals surface area (Å²) >= 11 is 0. The molecule has 0 bridgehead atoms. The van der Waals surface area contributed by atoms with Gasteiger partial charge in [0.05, 0.1) is 0 Å². The van der Waals surface area contributed by atoms with Crippen LogP contribution in [0.5, 0.6) is 0 Å². The van der Waals surface area contributed by atoms with E-state index in [-0.39, 0.29) is 16.7 Å². The predicted octanol–water partition coefficient (Wildman–Crippen LogP) is 9.51. The van der Waals surface area contributed by atoms with Crippen LogP contribution in [0.2, 0.25) is 0 Å². The number of hydrogen-bond donors (Lipinski definition) is 0. The molecule has 194 valence electrons. The molecule has 34 heavy (non-hydrogen) atoms. The molecule has 4 rings (SSSR count). The van der Waals surface area contributed by atoms with Crippen molar-refractivity contribution < 1.29 is 4.79 Å². The first kappa shape index (κ1) is 26.5. The fourth-order valence-corrected chi connectivity index (χ4v) is 10.0. The van der Waals surface area contributed by atoms with Gasteiger partial charge in [0, 0.05) is 5.92 Å². The van der Waals surface area contributed by atoms with Crippen molar-refractivity contribution in [1.29, 1.82) is 0 Å². The molecule has 4 aliphatic carbocycles. The summed E-state index contributed by atoms with van der Waals surface area (Å²) < 4.78 is 0. The maximum atomic E-state index is 13.7. The summed E-state index contributed by atoms with van der Waals surface area (Å²) in [5, 5.41) is 0. The lowest BCUT2D eigenvalue weighted by Gasteiger charge is -2.63. The Labute approximate surface area is 212 Å². The summed E-state index contributed by atoms with van der Waals surface area (Å²) in [6.45, 7) is 27.4. The first-order valence-corrected chi connectivity index (χ1v) is 14.7. The van der Waals surface area contributed by atoms with E-state index in [1.807, 2.05) is 0 Å². The van der Waals surface area contributed by atoms with Crippen LogP contribution in [0.1, 0.15) is 128 Å². The Kier molecular flexibility index (Phi) is 6.39. The lowest BCUT2D eigenvalue weighted by molar-refractivity contribution is -0.138. The summed E-state index contributed by atoms with van der Waals surface area (Å²) in [5.41, 5.74) is 2.93. The molecule has 3 fully saturated rings. The van der Waals surface area contributed by atoms with Crippen LogP contribution < -0.4 is 0 Å². The molecule has 0 saturated heterocycles. The van der Waals surface area contributed by atoms with E-state index in [0.717, 1.165) is 18.3 Å². The second-order valence-electron chi connectivity index (χ2n) is 16.2. The third kappa shape index (κ3) is 3.72. The standard InChI is InChI=1S/C33H56O/c1-21-18-23(3)33(11)24-13-16-32(10)28(30(7,8)22(2)12-15-29(4,5)6)14-17-31(32,9)25(24)20-27(34)26(33)19-21/h20-24,26,28H,12-19H2,1-11H3/t21-,22+,23+,24?,26-,28+,31-,32+,33+/m0/s1. The number of fused-ring (bicyclic) bond motifs is 5. The zero-order valence-corrected chi connectivity index (χ0v) is 24.6. The Bertz CT molecular complexity index is 841. The minimum atomic E-state index is 0.158. The molecular formula is C33H56O. The van der Waals surface area contributed by atoms with E-state index < -0.39 is 0 Å². The summed E-state index contributed by atoms with van der Waals surface area (Å²) in [7, 11) is 0. The van der Waals surface area contributed by atoms with E-state index >= 15 is 0 Å². The maximum Gasteiger partial charge on any atom is 0.159 e. The van der Waals surface area contributed by atoms with Gasteiger partial charge >= 0.3 is 0 Å². The van der Waals surface area contributed by atoms with Crippen molar-refractivity contribution in [3.8, 4) is 0 Å². The van der Waals surface area contributed by atoms with Gasteiger partial charge in [-0.05, 0) is 114 Å². The Balaban J connectivity index is 1.68. The van der Waals surface area contributed by atoms with Gasteiger partial charge in [-0.25, -0.2) is 0 Å². The van der Waals surface area contributed by atoms with E-state index in [2.05, 4.69) is 82.2 Å². The van der Waals surface area contributed by atoms with E-state index in [1.165, 1.54) is 44.9 Å². The third-order valence-corrected chi connectivity index (χ3v) is 13.0. The average Bonchev–Trinajstić information content (AvgIpc) is 3.00. The van der Waals surface area contributed by atoms with Crippen LogP contribution >= 0.6 is 0 Å². The maximum absolute atomic E-state index is 13.7. The zero-order chi connectivity index (χ0) is 25.5. The van der Waals surface area contributed by atoms with Gasteiger partial charge < -0.3 is 0 Å². The number of carbonyl (C=O) groups excluding carboxylic acids is 1. The normalized spacial score (nSPS) is 45.8. The summed E-state index contributed by atoms with van der Waals surface area (Å²) in [6.07, 6.45) is 12.5. The molecule has 0 spiro atoms. The summed E-state index contributed by atoms with van der Waals surface area (Å²) in [6, 6.07) is 0. The van der Waals surface area contributed by atoms with Crippen LogP contribution in [0.3, 0.4) is 0 Å². The molecule has 3 saturated carbocycles. The highest BCUT2D eigenvalue weighted by Crippen LogP contribution is 2.74. The van der Waals surface area contributed by atoms with Crippen LogP contribution in [-0.4, -0.2) is 5.78 Å². The number of carbonyl (C=O) groups is 1. The summed E-state index contributed by atoms with van der Waals surface area (Å²) in [4.78, 5) is 13.7. The second-order valence-corrected chi connectivity index (χ2v) is 16.2. The molecule has 0 amide bonds. The third-order valence-electron chi connectivity index (χ3n) is 13.0. The molecule has 9 atom stereocenters. The van der Waals surface area contributed by atoms with Crippen LogP contribution in [-0.2, 0) is 4.79 Å². The first-order chi connectivity index (χ1) is 15.5. The zero-order valence-electron chi connectivity index (χ0n) is 24.6. The van der Waals surface area contributed by atoms with Gasteiger partial charge in [-0.15, -0.1) is 0 Å². The average molecular weight is 469 g/mol. The molecular weight excluding hydrogens is 412 g/mol. The van der Waals surface area contributed by atoms with E-state index in [1.54, 1.807) is 5.57 Å². The van der Waals surface area contributed by atoms with Crippen molar-refractivity contribution in [1.82, 2.24) is 0 Å². The second kappa shape index (κ2) is 8.21. The molecule has 0 aliphatic heterocycles. The molecule has 0 heterocycles. The first-order valence-electron chi connectivity index (χ1n) is 14.7. The van der Waals surface area contributed by atoms with Crippen molar-refractivity contribution in [2.75, 3.05) is 0 Å². The Morgan fingerprint density at radius 3 is 2.24 bits per heavy atom. The van der Waals surface area contributed by atoms with E-state index in [9.17, 15) is 4.79 Å². The van der Waals surface area contributed by atoms with Gasteiger partial charge in [0.25, 0.3) is 0 Å². The van der Waals surface area contributed by atoms with Crippen molar-refractivity contribution in [2.24, 2.45) is 62.6 Å². The SMILES string of the molecule is C[C@H]1C[C@@H](C)[C@]2(C)C3CC[C@]4(C)[C@@H](C(C)(C)[C@H](C)CCC(C)(C)C)CC[C@@]4(C)C3=CC(=O)[C@@H]2C1. The fraction of sp³-hybridized carbons (Fsp3) is 0.909. The highest BCUT2D eigenvalue weighted by atomic mass is 16.1. The monoisotopic (exact) mass is 468 g/mol. The predicted molar refractivity (Wildman–Crippen MR) is 146 cm³/mol. The van der Waals surface area contributed by atoms with Gasteiger partial charge in [-0.2, -0.15) is 0 Å². The fourth-order valence-electron chi connectivity index (χ4n) is 10.0. The molecule has 0 radical (unpaired) electrons. The van der Waals surface area contributed by atoms with Gasteiger partial charge in [0.1, 0.15) is 0 Å². The van der Waals surface area contributed by atoms with E-state index in [0.29, 0.717) is 39.8 Å². The van der Waals surface area contributed by atoms with Gasteiger partial charge in [0.2, 0.25) is 0 Å². The molecule has 1 heteroatoms. The molecule has 0 aromatic carbocycles. The molecule has 1 unspecified atom stereocenters. The molecule has 4 aliphatic rings. The quantitative estimate of drug-likeness (QED) is 0.401. The molecule has 0 N–H and O–H groups in total. The van der Waals surface area contributed by atoms with Gasteiger partial charge in [-0.1, -0.05) is 81.7 Å². The Hall–Kier alpha value is -0.590.